The van der Waals surface area contributed by atoms with E-state index in [4.69, 9.17) is 35.4 Å². The van der Waals surface area contributed by atoms with Gasteiger partial charge in [-0.1, -0.05) is 41.4 Å². The fourth-order valence-electron chi connectivity index (χ4n) is 2.60. The molecule has 0 bridgehead atoms. The van der Waals surface area contributed by atoms with Crippen LogP contribution in [0, 0.1) is 0 Å². The van der Waals surface area contributed by atoms with Gasteiger partial charge in [-0.15, -0.1) is 0 Å². The number of benzene rings is 2. The Bertz CT molecular complexity index is 700. The Morgan fingerprint density at radius 1 is 0.957 bits per heavy atom. The number of thiocarbonyl (C=S) groups is 1. The van der Waals surface area contributed by atoms with Crippen LogP contribution in [0.2, 0.25) is 10.0 Å². The van der Waals surface area contributed by atoms with Crippen LogP contribution in [-0.4, -0.2) is 36.2 Å². The molecule has 3 rings (SSSR count). The first-order chi connectivity index (χ1) is 11.1. The molecule has 120 valence electrons. The molecule has 23 heavy (non-hydrogen) atoms. The van der Waals surface area contributed by atoms with Crippen LogP contribution in [0.4, 0.5) is 11.4 Å². The van der Waals surface area contributed by atoms with Crippen molar-refractivity contribution in [2.45, 2.75) is 0 Å². The lowest BCUT2D eigenvalue weighted by Gasteiger charge is -2.37. The molecule has 0 saturated carbocycles. The van der Waals surface area contributed by atoms with Gasteiger partial charge in [-0.05, 0) is 42.5 Å². The first-order valence-corrected chi connectivity index (χ1v) is 8.61. The molecule has 2 aromatic carbocycles. The number of halogens is 2. The molecule has 6 heteroatoms. The number of nitrogens with zero attached hydrogens (tertiary/aromatic N) is 2. The summed E-state index contributed by atoms with van der Waals surface area (Å²) >= 11 is 17.7. The summed E-state index contributed by atoms with van der Waals surface area (Å²) in [5, 5.41) is 5.38. The fourth-order valence-corrected chi connectivity index (χ4v) is 3.26. The van der Waals surface area contributed by atoms with Crippen LogP contribution < -0.4 is 10.2 Å². The minimum atomic E-state index is 0.674. The molecule has 1 saturated heterocycles. The molecule has 1 N–H and O–H groups in total. The molecule has 0 unspecified atom stereocenters. The summed E-state index contributed by atoms with van der Waals surface area (Å²) in [5.41, 5.74) is 2.00. The summed E-state index contributed by atoms with van der Waals surface area (Å²) in [5.74, 6) is 0. The van der Waals surface area contributed by atoms with Crippen LogP contribution in [0.5, 0.6) is 0 Å². The number of para-hydroxylation sites is 1. The molecular formula is C17H17Cl2N3S. The highest BCUT2D eigenvalue weighted by atomic mass is 35.5. The third-order valence-corrected chi connectivity index (χ3v) is 4.78. The number of rotatable bonds is 2. The van der Waals surface area contributed by atoms with Crippen molar-refractivity contribution in [1.29, 1.82) is 0 Å². The predicted molar refractivity (Wildman–Crippen MR) is 103 cm³/mol. The molecule has 1 heterocycles. The Labute approximate surface area is 151 Å². The Morgan fingerprint density at radius 3 is 2.39 bits per heavy atom. The minimum Gasteiger partial charge on any atom is -0.368 e. The third-order valence-electron chi connectivity index (χ3n) is 3.86. The Balaban J connectivity index is 1.58. The van der Waals surface area contributed by atoms with Crippen LogP contribution in [-0.2, 0) is 0 Å². The fraction of sp³-hybridized carbons (Fsp3) is 0.235. The first kappa shape index (κ1) is 16.4. The standard InChI is InChI=1S/C17H17Cl2N3S/c18-13-4-3-5-14(12-13)21-8-10-22(11-9-21)17(23)20-16-7-2-1-6-15(16)19/h1-7,12H,8-11H2,(H,20,23). The summed E-state index contributed by atoms with van der Waals surface area (Å²) in [7, 11) is 0. The van der Waals surface area contributed by atoms with Gasteiger partial charge in [0.05, 0.1) is 10.7 Å². The molecule has 0 amide bonds. The van der Waals surface area contributed by atoms with Crippen LogP contribution >= 0.6 is 35.4 Å². The molecule has 1 aliphatic rings. The van der Waals surface area contributed by atoms with Gasteiger partial charge in [0.15, 0.2) is 5.11 Å². The van der Waals surface area contributed by atoms with E-state index in [0.717, 1.165) is 42.6 Å². The maximum absolute atomic E-state index is 6.16. The zero-order chi connectivity index (χ0) is 16.2. The summed E-state index contributed by atoms with van der Waals surface area (Å²) in [6.07, 6.45) is 0. The smallest absolute Gasteiger partial charge is 0.173 e. The lowest BCUT2D eigenvalue weighted by Crippen LogP contribution is -2.50. The number of hydrogen-bond acceptors (Lipinski definition) is 2. The lowest BCUT2D eigenvalue weighted by atomic mass is 10.2. The minimum absolute atomic E-state index is 0.674. The average molecular weight is 366 g/mol. The highest BCUT2D eigenvalue weighted by Crippen LogP contribution is 2.23. The molecule has 1 aliphatic heterocycles. The summed E-state index contributed by atoms with van der Waals surface area (Å²) in [4.78, 5) is 4.49. The highest BCUT2D eigenvalue weighted by molar-refractivity contribution is 7.80. The molecule has 1 fully saturated rings. The zero-order valence-corrected chi connectivity index (χ0v) is 14.8. The number of piperazine rings is 1. The largest absolute Gasteiger partial charge is 0.368 e. The topological polar surface area (TPSA) is 18.5 Å². The van der Waals surface area contributed by atoms with E-state index >= 15 is 0 Å². The second-order valence-electron chi connectivity index (χ2n) is 5.36. The van der Waals surface area contributed by atoms with Crippen molar-refractivity contribution in [3.05, 3.63) is 58.6 Å². The Kier molecular flexibility index (Phi) is 5.26. The van der Waals surface area contributed by atoms with Crippen molar-refractivity contribution < 1.29 is 0 Å². The van der Waals surface area contributed by atoms with Crippen molar-refractivity contribution in [1.82, 2.24) is 4.90 Å². The van der Waals surface area contributed by atoms with Gasteiger partial charge in [0.1, 0.15) is 0 Å². The highest BCUT2D eigenvalue weighted by Gasteiger charge is 2.19. The summed E-state index contributed by atoms with van der Waals surface area (Å²) in [6, 6.07) is 15.6. The van der Waals surface area contributed by atoms with Gasteiger partial charge in [-0.25, -0.2) is 0 Å². The monoisotopic (exact) mass is 365 g/mol. The number of anilines is 2. The molecule has 2 aromatic rings. The molecule has 0 spiro atoms. The molecule has 0 aliphatic carbocycles. The van der Waals surface area contributed by atoms with E-state index in [1.165, 1.54) is 0 Å². The van der Waals surface area contributed by atoms with E-state index < -0.39 is 0 Å². The van der Waals surface area contributed by atoms with E-state index in [0.29, 0.717) is 10.1 Å². The quantitative estimate of drug-likeness (QED) is 0.788. The average Bonchev–Trinajstić information content (AvgIpc) is 2.57. The molecular weight excluding hydrogens is 349 g/mol. The van der Waals surface area contributed by atoms with Crippen LogP contribution in [0.15, 0.2) is 48.5 Å². The molecule has 0 atom stereocenters. The summed E-state index contributed by atoms with van der Waals surface area (Å²) < 4.78 is 0. The molecule has 0 radical (unpaired) electrons. The van der Waals surface area contributed by atoms with Crippen molar-refractivity contribution in [3.8, 4) is 0 Å². The lowest BCUT2D eigenvalue weighted by molar-refractivity contribution is 0.391. The van der Waals surface area contributed by atoms with E-state index in [9.17, 15) is 0 Å². The van der Waals surface area contributed by atoms with Gasteiger partial charge in [-0.3, -0.25) is 0 Å². The van der Waals surface area contributed by atoms with Crippen molar-refractivity contribution >= 4 is 51.9 Å². The second kappa shape index (κ2) is 7.39. The van der Waals surface area contributed by atoms with Gasteiger partial charge in [0.25, 0.3) is 0 Å². The third kappa shape index (κ3) is 4.08. The van der Waals surface area contributed by atoms with E-state index in [2.05, 4.69) is 21.2 Å². The molecule has 0 aromatic heterocycles. The van der Waals surface area contributed by atoms with E-state index in [1.807, 2.05) is 42.5 Å². The Morgan fingerprint density at radius 2 is 1.70 bits per heavy atom. The van der Waals surface area contributed by atoms with Crippen LogP contribution in [0.25, 0.3) is 0 Å². The van der Waals surface area contributed by atoms with Crippen LogP contribution in [0.1, 0.15) is 0 Å². The van der Waals surface area contributed by atoms with Gasteiger partial charge in [0, 0.05) is 36.9 Å². The summed E-state index contributed by atoms with van der Waals surface area (Å²) in [6.45, 7) is 3.54. The number of hydrogen-bond donors (Lipinski definition) is 1. The maximum Gasteiger partial charge on any atom is 0.173 e. The normalized spacial score (nSPS) is 14.7. The van der Waals surface area contributed by atoms with E-state index in [-0.39, 0.29) is 0 Å². The maximum atomic E-state index is 6.16. The SMILES string of the molecule is S=C(Nc1ccccc1Cl)N1CCN(c2cccc(Cl)c2)CC1. The first-order valence-electron chi connectivity index (χ1n) is 7.44. The van der Waals surface area contributed by atoms with Gasteiger partial charge in [0.2, 0.25) is 0 Å². The van der Waals surface area contributed by atoms with Gasteiger partial charge >= 0.3 is 0 Å². The predicted octanol–water partition coefficient (Wildman–Crippen LogP) is 4.51. The van der Waals surface area contributed by atoms with Gasteiger partial charge < -0.3 is 15.1 Å². The zero-order valence-electron chi connectivity index (χ0n) is 12.5. The Hall–Kier alpha value is -1.49. The molecule has 3 nitrogen and oxygen atoms in total. The van der Waals surface area contributed by atoms with Crippen molar-refractivity contribution in [2.24, 2.45) is 0 Å². The van der Waals surface area contributed by atoms with Crippen molar-refractivity contribution in [2.75, 3.05) is 36.4 Å². The van der Waals surface area contributed by atoms with Crippen LogP contribution in [0.3, 0.4) is 0 Å². The van der Waals surface area contributed by atoms with Crippen molar-refractivity contribution in [3.63, 3.8) is 0 Å². The second-order valence-corrected chi connectivity index (χ2v) is 6.59. The number of nitrogens with one attached hydrogen (secondary N) is 1. The van der Waals surface area contributed by atoms with E-state index in [1.54, 1.807) is 0 Å². The van der Waals surface area contributed by atoms with Gasteiger partial charge in [-0.2, -0.15) is 0 Å².